The van der Waals surface area contributed by atoms with Crippen molar-refractivity contribution in [2.24, 2.45) is 0 Å². The van der Waals surface area contributed by atoms with Crippen LogP contribution < -0.4 is 0 Å². The molecule has 0 aliphatic rings. The molecule has 2 rings (SSSR count). The van der Waals surface area contributed by atoms with Crippen molar-refractivity contribution in [1.82, 2.24) is 4.90 Å². The predicted octanol–water partition coefficient (Wildman–Crippen LogP) is 4.59. The van der Waals surface area contributed by atoms with Gasteiger partial charge in [-0.2, -0.15) is 0 Å². The van der Waals surface area contributed by atoms with Gasteiger partial charge in [0.1, 0.15) is 6.10 Å². The van der Waals surface area contributed by atoms with Gasteiger partial charge in [0.2, 0.25) is 0 Å². The largest absolute Gasteiger partial charge is 0.367 e. The van der Waals surface area contributed by atoms with Gasteiger partial charge in [0, 0.05) is 6.54 Å². The van der Waals surface area contributed by atoms with E-state index in [1.54, 1.807) is 0 Å². The number of ether oxygens (including phenoxy) is 1. The van der Waals surface area contributed by atoms with Gasteiger partial charge in [-0.05, 0) is 75.2 Å². The molecule has 0 amide bonds. The van der Waals surface area contributed by atoms with E-state index < -0.39 is 0 Å². The van der Waals surface area contributed by atoms with Gasteiger partial charge in [0.25, 0.3) is 0 Å². The predicted molar refractivity (Wildman–Crippen MR) is 98.2 cm³/mol. The van der Waals surface area contributed by atoms with Gasteiger partial charge >= 0.3 is 0 Å². The van der Waals surface area contributed by atoms with E-state index >= 15 is 0 Å². The molecule has 124 valence electrons. The van der Waals surface area contributed by atoms with E-state index in [0.29, 0.717) is 0 Å². The maximum absolute atomic E-state index is 6.36. The minimum absolute atomic E-state index is 0.00486. The molecule has 0 aliphatic heterocycles. The lowest BCUT2D eigenvalue weighted by atomic mass is 9.88. The molecule has 0 spiro atoms. The fraction of sp³-hybridized carbons (Fsp3) is 0.429. The van der Waals surface area contributed by atoms with E-state index in [1.165, 1.54) is 33.4 Å². The van der Waals surface area contributed by atoms with Crippen LogP contribution in [-0.4, -0.2) is 32.1 Å². The topological polar surface area (TPSA) is 12.5 Å². The highest BCUT2D eigenvalue weighted by Crippen LogP contribution is 2.34. The average molecular weight is 311 g/mol. The van der Waals surface area contributed by atoms with Crippen molar-refractivity contribution in [3.05, 3.63) is 69.8 Å². The van der Waals surface area contributed by atoms with Crippen molar-refractivity contribution < 1.29 is 4.74 Å². The van der Waals surface area contributed by atoms with Gasteiger partial charge in [-0.25, -0.2) is 0 Å². The van der Waals surface area contributed by atoms with Crippen molar-refractivity contribution in [3.8, 4) is 0 Å². The molecule has 0 saturated carbocycles. The Labute approximate surface area is 141 Å². The first-order valence-corrected chi connectivity index (χ1v) is 8.30. The number of hydrogen-bond donors (Lipinski definition) is 0. The van der Waals surface area contributed by atoms with Crippen LogP contribution in [0.25, 0.3) is 0 Å². The molecule has 0 radical (unpaired) electrons. The minimum Gasteiger partial charge on any atom is -0.367 e. The van der Waals surface area contributed by atoms with E-state index in [-0.39, 0.29) is 6.10 Å². The summed E-state index contributed by atoms with van der Waals surface area (Å²) >= 11 is 0. The third kappa shape index (κ3) is 4.21. The first-order chi connectivity index (χ1) is 10.9. The Kier molecular flexibility index (Phi) is 5.97. The second kappa shape index (κ2) is 7.76. The lowest BCUT2D eigenvalue weighted by molar-refractivity contribution is 0.0679. The van der Waals surface area contributed by atoms with Crippen molar-refractivity contribution >= 4 is 0 Å². The van der Waals surface area contributed by atoms with Gasteiger partial charge in [-0.3, -0.25) is 0 Å². The molecule has 2 aromatic rings. The Morgan fingerprint density at radius 2 is 1.48 bits per heavy atom. The van der Waals surface area contributed by atoms with Crippen molar-refractivity contribution in [2.45, 2.75) is 33.8 Å². The molecule has 0 fully saturated rings. The number of likely N-dealkylation sites (N-methyl/N-ethyl adjacent to an activating group) is 1. The summed E-state index contributed by atoms with van der Waals surface area (Å²) in [6.07, 6.45) is -0.00486. The maximum Gasteiger partial charge on any atom is 0.108 e. The summed E-state index contributed by atoms with van der Waals surface area (Å²) in [5.41, 5.74) is 7.90. The van der Waals surface area contributed by atoms with Crippen molar-refractivity contribution in [3.63, 3.8) is 0 Å². The zero-order valence-corrected chi connectivity index (χ0v) is 15.3. The van der Waals surface area contributed by atoms with Crippen LogP contribution in [0.15, 0.2) is 36.4 Å². The second-order valence-corrected chi connectivity index (χ2v) is 6.64. The molecule has 1 atom stereocenters. The van der Waals surface area contributed by atoms with E-state index in [9.17, 15) is 0 Å². The molecule has 0 aromatic heterocycles. The number of benzene rings is 2. The van der Waals surface area contributed by atoms with E-state index in [4.69, 9.17) is 4.74 Å². The van der Waals surface area contributed by atoms with Gasteiger partial charge in [0.15, 0.2) is 0 Å². The smallest absolute Gasteiger partial charge is 0.108 e. The monoisotopic (exact) mass is 311 g/mol. The van der Waals surface area contributed by atoms with E-state index in [0.717, 1.165) is 13.2 Å². The van der Waals surface area contributed by atoms with Crippen LogP contribution in [0.4, 0.5) is 0 Å². The van der Waals surface area contributed by atoms with Gasteiger partial charge in [-0.15, -0.1) is 0 Å². The Balaban J connectivity index is 2.46. The summed E-state index contributed by atoms with van der Waals surface area (Å²) in [6.45, 7) is 10.4. The van der Waals surface area contributed by atoms with E-state index in [1.807, 2.05) is 0 Å². The Morgan fingerprint density at radius 1 is 0.913 bits per heavy atom. The molecule has 2 aromatic carbocycles. The molecule has 0 saturated heterocycles. The van der Waals surface area contributed by atoms with Crippen molar-refractivity contribution in [2.75, 3.05) is 27.2 Å². The zero-order valence-electron chi connectivity index (χ0n) is 15.3. The van der Waals surface area contributed by atoms with Crippen LogP contribution in [0, 0.1) is 27.7 Å². The quantitative estimate of drug-likeness (QED) is 0.774. The molecule has 23 heavy (non-hydrogen) atoms. The fourth-order valence-corrected chi connectivity index (χ4v) is 2.97. The number of rotatable bonds is 6. The van der Waals surface area contributed by atoms with Gasteiger partial charge in [-0.1, -0.05) is 36.4 Å². The summed E-state index contributed by atoms with van der Waals surface area (Å²) < 4.78 is 6.36. The molecule has 0 unspecified atom stereocenters. The molecule has 2 nitrogen and oxygen atoms in total. The summed E-state index contributed by atoms with van der Waals surface area (Å²) in [4.78, 5) is 2.16. The summed E-state index contributed by atoms with van der Waals surface area (Å²) in [5.74, 6) is 0. The highest BCUT2D eigenvalue weighted by atomic mass is 16.5. The molecular formula is C21H29NO. The van der Waals surface area contributed by atoms with E-state index in [2.05, 4.69) is 83.1 Å². The number of aryl methyl sites for hydroxylation is 2. The van der Waals surface area contributed by atoms with Crippen LogP contribution in [-0.2, 0) is 4.74 Å². The SMILES string of the molecule is Cc1cc(C)c(C)c([C@H](OCCN(C)C)c2ccccc2)c1C. The minimum atomic E-state index is -0.00486. The molecule has 2 heteroatoms. The number of nitrogens with zero attached hydrogens (tertiary/aromatic N) is 1. The van der Waals surface area contributed by atoms with Crippen LogP contribution in [0.5, 0.6) is 0 Å². The third-order valence-electron chi connectivity index (χ3n) is 4.61. The summed E-state index contributed by atoms with van der Waals surface area (Å²) in [7, 11) is 4.16. The van der Waals surface area contributed by atoms with Crippen LogP contribution >= 0.6 is 0 Å². The Bertz CT molecular complexity index is 620. The van der Waals surface area contributed by atoms with Crippen LogP contribution in [0.2, 0.25) is 0 Å². The lowest BCUT2D eigenvalue weighted by Gasteiger charge is -2.25. The highest BCUT2D eigenvalue weighted by Gasteiger charge is 2.21. The molecule has 0 bridgehead atoms. The molecule has 0 N–H and O–H groups in total. The standard InChI is InChI=1S/C21H29NO/c1-15-14-16(2)18(4)20(17(15)3)21(23-13-12-22(5)6)19-10-8-7-9-11-19/h7-11,14,21H,12-13H2,1-6H3/t21-/m1/s1. The zero-order chi connectivity index (χ0) is 17.0. The van der Waals surface area contributed by atoms with Gasteiger partial charge in [0.05, 0.1) is 6.61 Å². The fourth-order valence-electron chi connectivity index (χ4n) is 2.97. The Hall–Kier alpha value is -1.64. The summed E-state index contributed by atoms with van der Waals surface area (Å²) in [6, 6.07) is 12.8. The normalized spacial score (nSPS) is 12.7. The van der Waals surface area contributed by atoms with Gasteiger partial charge < -0.3 is 9.64 Å². The Morgan fingerprint density at radius 3 is 2.00 bits per heavy atom. The van der Waals surface area contributed by atoms with Crippen molar-refractivity contribution in [1.29, 1.82) is 0 Å². The van der Waals surface area contributed by atoms with Crippen LogP contribution in [0.1, 0.15) is 39.5 Å². The highest BCUT2D eigenvalue weighted by molar-refractivity contribution is 5.48. The molecule has 0 heterocycles. The average Bonchev–Trinajstić information content (AvgIpc) is 2.52. The molecule has 0 aliphatic carbocycles. The summed E-state index contributed by atoms with van der Waals surface area (Å²) in [5, 5.41) is 0. The second-order valence-electron chi connectivity index (χ2n) is 6.64. The number of hydrogen-bond acceptors (Lipinski definition) is 2. The first-order valence-electron chi connectivity index (χ1n) is 8.30. The lowest BCUT2D eigenvalue weighted by Crippen LogP contribution is -2.21. The third-order valence-corrected chi connectivity index (χ3v) is 4.61. The maximum atomic E-state index is 6.36. The first kappa shape index (κ1) is 17.7. The molecular weight excluding hydrogens is 282 g/mol. The van der Waals surface area contributed by atoms with Crippen LogP contribution in [0.3, 0.4) is 0 Å².